The van der Waals surface area contributed by atoms with Gasteiger partial charge >= 0.3 is 0 Å². The lowest BCUT2D eigenvalue weighted by Gasteiger charge is -2.19. The van der Waals surface area contributed by atoms with Crippen LogP contribution in [0.15, 0.2) is 6.20 Å². The number of rotatable bonds is 0. The maximum absolute atomic E-state index is 5.45. The van der Waals surface area contributed by atoms with Gasteiger partial charge in [-0.3, -0.25) is 0 Å². The molecule has 1 heterocycles. The van der Waals surface area contributed by atoms with E-state index in [9.17, 15) is 0 Å². The van der Waals surface area contributed by atoms with Crippen LogP contribution < -0.4 is 5.73 Å². The average molecular weight is 165 g/mol. The Balaban J connectivity index is 3.19. The summed E-state index contributed by atoms with van der Waals surface area (Å²) in [5.41, 5.74) is 7.66. The molecule has 1 aromatic heterocycles. The number of nitrogen functional groups attached to an aromatic ring is 1. The van der Waals surface area contributed by atoms with Gasteiger partial charge in [-0.1, -0.05) is 20.8 Å². The van der Waals surface area contributed by atoms with Gasteiger partial charge in [0, 0.05) is 11.9 Å². The molecule has 0 saturated carbocycles. The van der Waals surface area contributed by atoms with Gasteiger partial charge in [0.15, 0.2) is 0 Å². The van der Waals surface area contributed by atoms with Gasteiger partial charge in [0.25, 0.3) is 0 Å². The van der Waals surface area contributed by atoms with Crippen LogP contribution in [-0.4, -0.2) is 9.97 Å². The Kier molecular flexibility index (Phi) is 2.04. The molecule has 0 radical (unpaired) electrons. The predicted octanol–water partition coefficient (Wildman–Crippen LogP) is 1.66. The normalized spacial score (nSPS) is 11.7. The van der Waals surface area contributed by atoms with E-state index in [1.54, 1.807) is 6.20 Å². The molecule has 0 fully saturated rings. The van der Waals surface area contributed by atoms with E-state index >= 15 is 0 Å². The molecular weight excluding hydrogens is 150 g/mol. The number of aryl methyl sites for hydroxylation is 1. The summed E-state index contributed by atoms with van der Waals surface area (Å²) in [6.45, 7) is 8.36. The smallest absolute Gasteiger partial charge is 0.220 e. The van der Waals surface area contributed by atoms with Crippen LogP contribution in [0.1, 0.15) is 32.0 Å². The molecule has 2 N–H and O–H groups in total. The van der Waals surface area contributed by atoms with Gasteiger partial charge < -0.3 is 5.73 Å². The van der Waals surface area contributed by atoms with Gasteiger partial charge in [0.05, 0.1) is 0 Å². The Labute approximate surface area is 73.0 Å². The predicted molar refractivity (Wildman–Crippen MR) is 49.9 cm³/mol. The second-order valence-electron chi connectivity index (χ2n) is 3.98. The summed E-state index contributed by atoms with van der Waals surface area (Å²) in [5.74, 6) is 0.348. The quantitative estimate of drug-likeness (QED) is 0.636. The highest BCUT2D eigenvalue weighted by atomic mass is 15.0. The van der Waals surface area contributed by atoms with Gasteiger partial charge in [-0.2, -0.15) is 0 Å². The Hall–Kier alpha value is -1.12. The van der Waals surface area contributed by atoms with Crippen molar-refractivity contribution in [2.45, 2.75) is 33.1 Å². The fourth-order valence-electron chi connectivity index (χ4n) is 1.22. The van der Waals surface area contributed by atoms with Crippen molar-refractivity contribution >= 4 is 5.95 Å². The van der Waals surface area contributed by atoms with Crippen LogP contribution in [-0.2, 0) is 5.41 Å². The van der Waals surface area contributed by atoms with Crippen molar-refractivity contribution in [3.63, 3.8) is 0 Å². The summed E-state index contributed by atoms with van der Waals surface area (Å²) in [5, 5.41) is 0. The highest BCUT2D eigenvalue weighted by Crippen LogP contribution is 2.23. The van der Waals surface area contributed by atoms with Crippen LogP contribution >= 0.6 is 0 Å². The van der Waals surface area contributed by atoms with Crippen molar-refractivity contribution in [2.24, 2.45) is 0 Å². The van der Waals surface area contributed by atoms with Crippen LogP contribution in [0.3, 0.4) is 0 Å². The van der Waals surface area contributed by atoms with E-state index < -0.39 is 0 Å². The van der Waals surface area contributed by atoms with Crippen molar-refractivity contribution < 1.29 is 0 Å². The standard InChI is InChI=1S/C9H15N3/c1-6-7(9(2,3)4)5-11-8(10)12-6/h5H,1-4H3,(H2,10,11,12). The van der Waals surface area contributed by atoms with E-state index in [4.69, 9.17) is 5.73 Å². The molecule has 0 aliphatic heterocycles. The third-order valence-corrected chi connectivity index (χ3v) is 1.81. The summed E-state index contributed by atoms with van der Waals surface area (Å²) in [7, 11) is 0. The van der Waals surface area contributed by atoms with Crippen molar-refractivity contribution in [2.75, 3.05) is 5.73 Å². The molecule has 0 aliphatic carbocycles. The first kappa shape index (κ1) is 8.97. The molecule has 3 heteroatoms. The molecule has 1 aromatic rings. The zero-order valence-electron chi connectivity index (χ0n) is 8.05. The summed E-state index contributed by atoms with van der Waals surface area (Å²) in [6, 6.07) is 0. The average Bonchev–Trinajstić information content (AvgIpc) is 1.83. The van der Waals surface area contributed by atoms with Crippen LogP contribution in [0, 0.1) is 6.92 Å². The molecule has 1 rings (SSSR count). The molecule has 0 amide bonds. The van der Waals surface area contributed by atoms with Crippen molar-refractivity contribution in [1.29, 1.82) is 0 Å². The molecule has 0 aliphatic rings. The fraction of sp³-hybridized carbons (Fsp3) is 0.556. The van der Waals surface area contributed by atoms with Gasteiger partial charge in [0.1, 0.15) is 0 Å². The molecule has 0 saturated heterocycles. The molecular formula is C9H15N3. The molecule has 3 nitrogen and oxygen atoms in total. The second kappa shape index (κ2) is 2.73. The first-order valence-corrected chi connectivity index (χ1v) is 4.01. The van der Waals surface area contributed by atoms with E-state index in [-0.39, 0.29) is 5.41 Å². The van der Waals surface area contributed by atoms with Gasteiger partial charge in [0.2, 0.25) is 5.95 Å². The van der Waals surface area contributed by atoms with E-state index in [1.807, 2.05) is 6.92 Å². The lowest BCUT2D eigenvalue weighted by atomic mass is 9.87. The van der Waals surface area contributed by atoms with Gasteiger partial charge in [-0.25, -0.2) is 9.97 Å². The molecule has 0 spiro atoms. The number of hydrogen-bond acceptors (Lipinski definition) is 3. The minimum Gasteiger partial charge on any atom is -0.368 e. The van der Waals surface area contributed by atoms with Crippen LogP contribution in [0.5, 0.6) is 0 Å². The maximum Gasteiger partial charge on any atom is 0.220 e. The number of hydrogen-bond donors (Lipinski definition) is 1. The lowest BCUT2D eigenvalue weighted by Crippen LogP contribution is -2.15. The second-order valence-corrected chi connectivity index (χ2v) is 3.98. The zero-order chi connectivity index (χ0) is 9.35. The number of aromatic nitrogens is 2. The maximum atomic E-state index is 5.45. The third kappa shape index (κ3) is 1.72. The number of nitrogens with zero attached hydrogens (tertiary/aromatic N) is 2. The topological polar surface area (TPSA) is 51.8 Å². The van der Waals surface area contributed by atoms with Gasteiger partial charge in [-0.05, 0) is 17.9 Å². The Bertz CT molecular complexity index is 286. The number of anilines is 1. The van der Waals surface area contributed by atoms with Crippen LogP contribution in [0.2, 0.25) is 0 Å². The van der Waals surface area contributed by atoms with Crippen molar-refractivity contribution in [1.82, 2.24) is 9.97 Å². The monoisotopic (exact) mass is 165 g/mol. The first-order chi connectivity index (χ1) is 5.41. The highest BCUT2D eigenvalue weighted by molar-refractivity contribution is 5.28. The Morgan fingerprint density at radius 2 is 1.92 bits per heavy atom. The Morgan fingerprint density at radius 1 is 1.33 bits per heavy atom. The van der Waals surface area contributed by atoms with E-state index in [1.165, 1.54) is 0 Å². The molecule has 0 atom stereocenters. The SMILES string of the molecule is Cc1nc(N)ncc1C(C)(C)C. The lowest BCUT2D eigenvalue weighted by molar-refractivity contribution is 0.579. The highest BCUT2D eigenvalue weighted by Gasteiger charge is 2.17. The molecule has 66 valence electrons. The van der Waals surface area contributed by atoms with Crippen molar-refractivity contribution in [3.05, 3.63) is 17.5 Å². The van der Waals surface area contributed by atoms with Crippen LogP contribution in [0.25, 0.3) is 0 Å². The minimum absolute atomic E-state index is 0.0950. The minimum atomic E-state index is 0.0950. The van der Waals surface area contributed by atoms with Crippen LogP contribution in [0.4, 0.5) is 5.95 Å². The van der Waals surface area contributed by atoms with E-state index in [2.05, 4.69) is 30.7 Å². The van der Waals surface area contributed by atoms with Crippen molar-refractivity contribution in [3.8, 4) is 0 Å². The summed E-state index contributed by atoms with van der Waals surface area (Å²) in [6.07, 6.45) is 1.80. The third-order valence-electron chi connectivity index (χ3n) is 1.81. The number of nitrogens with two attached hydrogens (primary N) is 1. The molecule has 12 heavy (non-hydrogen) atoms. The van der Waals surface area contributed by atoms with E-state index in [0.29, 0.717) is 5.95 Å². The zero-order valence-corrected chi connectivity index (χ0v) is 8.05. The summed E-state index contributed by atoms with van der Waals surface area (Å²) >= 11 is 0. The largest absolute Gasteiger partial charge is 0.368 e. The molecule has 0 aromatic carbocycles. The molecule has 0 bridgehead atoms. The summed E-state index contributed by atoms with van der Waals surface area (Å²) < 4.78 is 0. The first-order valence-electron chi connectivity index (χ1n) is 4.01. The fourth-order valence-corrected chi connectivity index (χ4v) is 1.22. The molecule has 0 unspecified atom stereocenters. The van der Waals surface area contributed by atoms with E-state index in [0.717, 1.165) is 11.3 Å². The summed E-state index contributed by atoms with van der Waals surface area (Å²) in [4.78, 5) is 8.08. The Morgan fingerprint density at radius 3 is 2.33 bits per heavy atom. The van der Waals surface area contributed by atoms with Gasteiger partial charge in [-0.15, -0.1) is 0 Å².